The number of aryl methyl sites for hydroxylation is 3. The monoisotopic (exact) mass is 428 g/mol. The molecule has 0 spiro atoms. The Morgan fingerprint density at radius 2 is 1.78 bits per heavy atom. The Balaban J connectivity index is 1.80. The molecule has 1 aromatic carbocycles. The topological polar surface area (TPSA) is 86.7 Å². The number of imidazole rings is 1. The van der Waals surface area contributed by atoms with Crippen LogP contribution in [0.3, 0.4) is 0 Å². The number of hydrogen-bond donors (Lipinski definition) is 0. The Hall–Kier alpha value is -4.01. The molecule has 0 aliphatic carbocycles. The summed E-state index contributed by atoms with van der Waals surface area (Å²) in [5.41, 5.74) is 5.70. The van der Waals surface area contributed by atoms with E-state index in [1.807, 2.05) is 74.3 Å². The van der Waals surface area contributed by atoms with Crippen molar-refractivity contribution in [3.8, 4) is 16.8 Å². The van der Waals surface area contributed by atoms with Crippen molar-refractivity contribution in [3.05, 3.63) is 59.2 Å². The lowest BCUT2D eigenvalue weighted by molar-refractivity contribution is 0.653. The van der Waals surface area contributed by atoms with Gasteiger partial charge in [0.1, 0.15) is 0 Å². The molecule has 9 nitrogen and oxygen atoms in total. The first-order valence-electron chi connectivity index (χ1n) is 10.4. The number of benzene rings is 1. The zero-order valence-corrected chi connectivity index (χ0v) is 18.7. The van der Waals surface area contributed by atoms with Gasteiger partial charge in [0.2, 0.25) is 5.95 Å². The molecular weight excluding hydrogens is 404 g/mol. The Morgan fingerprint density at radius 3 is 2.44 bits per heavy atom. The summed E-state index contributed by atoms with van der Waals surface area (Å²) in [7, 11) is 5.58. The van der Waals surface area contributed by atoms with Crippen LogP contribution in [0.5, 0.6) is 0 Å². The van der Waals surface area contributed by atoms with E-state index in [0.29, 0.717) is 5.95 Å². The van der Waals surface area contributed by atoms with Crippen molar-refractivity contribution >= 4 is 27.9 Å². The molecule has 162 valence electrons. The molecule has 0 unspecified atom stereocenters. The lowest BCUT2D eigenvalue weighted by Gasteiger charge is -2.10. The Kier molecular flexibility index (Phi) is 4.54. The van der Waals surface area contributed by atoms with Crippen LogP contribution in [0.1, 0.15) is 12.6 Å². The first-order valence-corrected chi connectivity index (χ1v) is 10.4. The van der Waals surface area contributed by atoms with Crippen molar-refractivity contribution in [1.29, 1.82) is 0 Å². The summed E-state index contributed by atoms with van der Waals surface area (Å²) in [6.45, 7) is 4.68. The van der Waals surface area contributed by atoms with E-state index >= 15 is 0 Å². The fourth-order valence-electron chi connectivity index (χ4n) is 3.99. The maximum Gasteiger partial charge on any atom is 0.333 e. The third-order valence-electron chi connectivity index (χ3n) is 5.74. The minimum Gasteiger partial charge on any atom is -0.347 e. The van der Waals surface area contributed by atoms with E-state index < -0.39 is 0 Å². The fourth-order valence-corrected chi connectivity index (χ4v) is 3.99. The van der Waals surface area contributed by atoms with Crippen LogP contribution in [0.25, 0.3) is 38.8 Å². The highest BCUT2D eigenvalue weighted by Gasteiger charge is 2.19. The molecule has 0 N–H and O–H groups in total. The highest BCUT2D eigenvalue weighted by atomic mass is 16.1. The van der Waals surface area contributed by atoms with Crippen molar-refractivity contribution in [1.82, 2.24) is 33.9 Å². The van der Waals surface area contributed by atoms with E-state index in [2.05, 4.69) is 20.1 Å². The van der Waals surface area contributed by atoms with E-state index in [9.17, 15) is 4.79 Å². The molecule has 0 aliphatic heterocycles. The van der Waals surface area contributed by atoms with E-state index in [1.54, 1.807) is 22.4 Å². The SMILES string of the molecule is CCn1cc(-n2c(=O)n(C)c3cnc4ccc(-c5cnc(N(C)C)nc5)cc4c32)c(C)n1. The van der Waals surface area contributed by atoms with Crippen LogP contribution in [0.2, 0.25) is 0 Å². The summed E-state index contributed by atoms with van der Waals surface area (Å²) < 4.78 is 5.21. The van der Waals surface area contributed by atoms with Gasteiger partial charge >= 0.3 is 5.69 Å². The van der Waals surface area contributed by atoms with Crippen LogP contribution in [0.4, 0.5) is 5.95 Å². The molecule has 32 heavy (non-hydrogen) atoms. The van der Waals surface area contributed by atoms with E-state index in [4.69, 9.17) is 0 Å². The summed E-state index contributed by atoms with van der Waals surface area (Å²) in [6.07, 6.45) is 7.29. The van der Waals surface area contributed by atoms with Crippen molar-refractivity contribution < 1.29 is 0 Å². The van der Waals surface area contributed by atoms with Crippen LogP contribution in [-0.2, 0) is 13.6 Å². The summed E-state index contributed by atoms with van der Waals surface area (Å²) in [5, 5.41) is 5.43. The number of pyridine rings is 1. The van der Waals surface area contributed by atoms with Gasteiger partial charge < -0.3 is 4.90 Å². The van der Waals surface area contributed by atoms with Gasteiger partial charge in [-0.2, -0.15) is 5.10 Å². The number of rotatable bonds is 4. The van der Waals surface area contributed by atoms with Crippen LogP contribution in [-0.4, -0.2) is 48.0 Å². The van der Waals surface area contributed by atoms with Gasteiger partial charge in [-0.05, 0) is 31.5 Å². The van der Waals surface area contributed by atoms with Crippen LogP contribution in [0.15, 0.2) is 47.8 Å². The van der Waals surface area contributed by atoms with Crippen molar-refractivity contribution in [2.45, 2.75) is 20.4 Å². The summed E-state index contributed by atoms with van der Waals surface area (Å²) >= 11 is 0. The van der Waals surface area contributed by atoms with E-state index in [1.165, 1.54) is 0 Å². The first-order chi connectivity index (χ1) is 15.4. The summed E-state index contributed by atoms with van der Waals surface area (Å²) in [6, 6.07) is 6.02. The summed E-state index contributed by atoms with van der Waals surface area (Å²) in [5.74, 6) is 0.652. The molecule has 0 saturated heterocycles. The number of aromatic nitrogens is 7. The molecule has 9 heteroatoms. The van der Waals surface area contributed by atoms with Gasteiger partial charge in [-0.15, -0.1) is 0 Å². The normalized spacial score (nSPS) is 11.5. The predicted molar refractivity (Wildman–Crippen MR) is 125 cm³/mol. The maximum atomic E-state index is 13.3. The quantitative estimate of drug-likeness (QED) is 0.437. The Morgan fingerprint density at radius 1 is 1.03 bits per heavy atom. The lowest BCUT2D eigenvalue weighted by Crippen LogP contribution is -2.21. The van der Waals surface area contributed by atoms with Crippen LogP contribution >= 0.6 is 0 Å². The minimum atomic E-state index is -0.128. The predicted octanol–water partition coefficient (Wildman–Crippen LogP) is 2.93. The smallest absolute Gasteiger partial charge is 0.333 e. The van der Waals surface area contributed by atoms with Crippen LogP contribution in [0, 0.1) is 6.92 Å². The van der Waals surface area contributed by atoms with Gasteiger partial charge in [0, 0.05) is 57.2 Å². The standard InChI is InChI=1S/C23H24N8O/c1-6-30-13-20(14(2)27-30)31-21-17-9-15(16-10-25-22(26-11-16)28(3)4)7-8-18(17)24-12-19(21)29(5)23(31)32/h7-13H,6H2,1-5H3. The Labute approximate surface area is 184 Å². The van der Waals surface area contributed by atoms with Crippen molar-refractivity contribution in [2.75, 3.05) is 19.0 Å². The molecule has 0 saturated carbocycles. The molecule has 5 rings (SSSR count). The molecule has 4 heterocycles. The first kappa shape index (κ1) is 19.9. The zero-order chi connectivity index (χ0) is 22.6. The average Bonchev–Trinajstić information content (AvgIpc) is 3.30. The van der Waals surface area contributed by atoms with Gasteiger partial charge in [0.25, 0.3) is 0 Å². The van der Waals surface area contributed by atoms with Gasteiger partial charge in [0.05, 0.1) is 34.1 Å². The molecule has 0 bridgehead atoms. The molecule has 4 aromatic heterocycles. The number of hydrogen-bond acceptors (Lipinski definition) is 6. The average molecular weight is 429 g/mol. The molecule has 0 atom stereocenters. The van der Waals surface area contributed by atoms with E-state index in [0.717, 1.165) is 51.0 Å². The molecule has 5 aromatic rings. The van der Waals surface area contributed by atoms with Crippen molar-refractivity contribution in [2.24, 2.45) is 7.05 Å². The molecule has 0 amide bonds. The molecular formula is C23H24N8O. The number of nitrogens with zero attached hydrogens (tertiary/aromatic N) is 8. The maximum absolute atomic E-state index is 13.3. The molecule has 0 radical (unpaired) electrons. The largest absolute Gasteiger partial charge is 0.347 e. The number of anilines is 1. The highest BCUT2D eigenvalue weighted by Crippen LogP contribution is 2.30. The number of fused-ring (bicyclic) bond motifs is 3. The van der Waals surface area contributed by atoms with Gasteiger partial charge in [-0.3, -0.25) is 18.8 Å². The lowest BCUT2D eigenvalue weighted by atomic mass is 10.1. The second kappa shape index (κ2) is 7.30. The Bertz CT molecular complexity index is 1520. The third-order valence-corrected chi connectivity index (χ3v) is 5.74. The zero-order valence-electron chi connectivity index (χ0n) is 18.7. The molecule has 0 aliphatic rings. The van der Waals surface area contributed by atoms with Crippen LogP contribution < -0.4 is 10.6 Å². The third kappa shape index (κ3) is 2.96. The molecule has 0 fully saturated rings. The second-order valence-corrected chi connectivity index (χ2v) is 8.02. The minimum absolute atomic E-state index is 0.128. The van der Waals surface area contributed by atoms with Gasteiger partial charge in [0.15, 0.2) is 0 Å². The second-order valence-electron chi connectivity index (χ2n) is 8.02. The van der Waals surface area contributed by atoms with E-state index in [-0.39, 0.29) is 5.69 Å². The highest BCUT2D eigenvalue weighted by molar-refractivity contribution is 6.04. The summed E-state index contributed by atoms with van der Waals surface area (Å²) in [4.78, 5) is 28.6. The van der Waals surface area contributed by atoms with Gasteiger partial charge in [-0.1, -0.05) is 6.07 Å². The fraction of sp³-hybridized carbons (Fsp3) is 0.261. The van der Waals surface area contributed by atoms with Crippen molar-refractivity contribution in [3.63, 3.8) is 0 Å². The van der Waals surface area contributed by atoms with Gasteiger partial charge in [-0.25, -0.2) is 14.8 Å².